The molecule has 6 nitrogen and oxygen atoms in total. The zero-order valence-corrected chi connectivity index (χ0v) is 21.9. The summed E-state index contributed by atoms with van der Waals surface area (Å²) in [4.78, 5) is 11.7. The first-order valence-corrected chi connectivity index (χ1v) is 13.0. The average molecular weight is 492 g/mol. The lowest BCUT2D eigenvalue weighted by Crippen LogP contribution is -2.08. The molecule has 1 N–H and O–H groups in total. The minimum absolute atomic E-state index is 0.603. The number of hydrogen-bond donors (Lipinski definition) is 1. The Labute approximate surface area is 211 Å². The third kappa shape index (κ3) is 5.68. The van der Waals surface area contributed by atoms with Gasteiger partial charge < -0.3 is 19.5 Å². The molecule has 7 heteroatoms. The highest BCUT2D eigenvalue weighted by atomic mass is 32.1. The minimum atomic E-state index is 0.603. The Hall–Kier alpha value is -3.32. The van der Waals surface area contributed by atoms with Crippen LogP contribution >= 0.6 is 11.3 Å². The van der Waals surface area contributed by atoms with Crippen LogP contribution in [0.3, 0.4) is 0 Å². The first-order chi connectivity index (χ1) is 17.0. The highest BCUT2D eigenvalue weighted by Crippen LogP contribution is 2.41. The summed E-state index contributed by atoms with van der Waals surface area (Å²) in [6, 6.07) is 14.4. The average Bonchev–Trinajstić information content (AvgIpc) is 3.17. The van der Waals surface area contributed by atoms with Gasteiger partial charge in [0.25, 0.3) is 0 Å². The standard InChI is InChI=1S/C28H33N3O3S/c1-6-32-22-12-10-21(11-13-22)25-18(4)35-28-26(25)27(30-19(5)31-28)29-16-15-20-9-14-23(33-7-2)24(17-20)34-8-3/h9-14,17H,6-8,15-16H2,1-5H3,(H,29,30,31). The zero-order chi connectivity index (χ0) is 24.8. The lowest BCUT2D eigenvalue weighted by atomic mass is 10.0. The predicted octanol–water partition coefficient (Wildman–Crippen LogP) is 6.83. The normalized spacial score (nSPS) is 11.0. The molecule has 0 bridgehead atoms. The molecule has 0 amide bonds. The van der Waals surface area contributed by atoms with Crippen LogP contribution in [0, 0.1) is 13.8 Å². The SMILES string of the molecule is CCOc1ccc(-c2c(C)sc3nc(C)nc(NCCc4ccc(OCC)c(OCC)c4)c23)cc1. The number of hydrogen-bond acceptors (Lipinski definition) is 7. The lowest BCUT2D eigenvalue weighted by molar-refractivity contribution is 0.287. The molecule has 4 rings (SSSR count). The molecule has 0 fully saturated rings. The van der Waals surface area contributed by atoms with Crippen LogP contribution in [0.25, 0.3) is 21.3 Å². The van der Waals surface area contributed by atoms with E-state index < -0.39 is 0 Å². The Balaban J connectivity index is 1.59. The summed E-state index contributed by atoms with van der Waals surface area (Å²) in [6.45, 7) is 12.6. The van der Waals surface area contributed by atoms with Gasteiger partial charge in [0.2, 0.25) is 0 Å². The van der Waals surface area contributed by atoms with E-state index in [4.69, 9.17) is 24.2 Å². The monoisotopic (exact) mass is 491 g/mol. The van der Waals surface area contributed by atoms with Crippen molar-refractivity contribution in [1.29, 1.82) is 0 Å². The molecule has 0 aliphatic heterocycles. The maximum absolute atomic E-state index is 5.79. The fraction of sp³-hybridized carbons (Fsp3) is 0.357. The number of benzene rings is 2. The van der Waals surface area contributed by atoms with E-state index in [-0.39, 0.29) is 0 Å². The summed E-state index contributed by atoms with van der Waals surface area (Å²) in [6.07, 6.45) is 0.832. The highest BCUT2D eigenvalue weighted by Gasteiger charge is 2.18. The maximum Gasteiger partial charge on any atom is 0.161 e. The van der Waals surface area contributed by atoms with Crippen molar-refractivity contribution in [2.24, 2.45) is 0 Å². The number of aromatic nitrogens is 2. The fourth-order valence-corrected chi connectivity index (χ4v) is 5.24. The molecule has 0 radical (unpaired) electrons. The number of aryl methyl sites for hydroxylation is 2. The second kappa shape index (κ2) is 11.4. The fourth-order valence-electron chi connectivity index (χ4n) is 4.15. The van der Waals surface area contributed by atoms with Gasteiger partial charge in [-0.1, -0.05) is 18.2 Å². The van der Waals surface area contributed by atoms with Gasteiger partial charge in [-0.25, -0.2) is 9.97 Å². The zero-order valence-electron chi connectivity index (χ0n) is 21.1. The summed E-state index contributed by atoms with van der Waals surface area (Å²) >= 11 is 1.71. The molecule has 0 saturated heterocycles. The molecular formula is C28H33N3O3S. The first kappa shape index (κ1) is 24.8. The predicted molar refractivity (Wildman–Crippen MR) is 144 cm³/mol. The van der Waals surface area contributed by atoms with Crippen LogP contribution < -0.4 is 19.5 Å². The van der Waals surface area contributed by atoms with Crippen LogP contribution in [0.2, 0.25) is 0 Å². The van der Waals surface area contributed by atoms with E-state index in [0.29, 0.717) is 19.8 Å². The van der Waals surface area contributed by atoms with Gasteiger partial charge in [-0.15, -0.1) is 11.3 Å². The number of nitrogens with one attached hydrogen (secondary N) is 1. The second-order valence-corrected chi connectivity index (χ2v) is 9.32. The van der Waals surface area contributed by atoms with E-state index >= 15 is 0 Å². The Morgan fingerprint density at radius 1 is 0.829 bits per heavy atom. The highest BCUT2D eigenvalue weighted by molar-refractivity contribution is 7.19. The van der Waals surface area contributed by atoms with Crippen LogP contribution in [-0.2, 0) is 6.42 Å². The van der Waals surface area contributed by atoms with Crippen LogP contribution in [-0.4, -0.2) is 36.3 Å². The summed E-state index contributed by atoms with van der Waals surface area (Å²) in [7, 11) is 0. The van der Waals surface area contributed by atoms with E-state index in [1.165, 1.54) is 16.0 Å². The lowest BCUT2D eigenvalue weighted by Gasteiger charge is -2.13. The Morgan fingerprint density at radius 3 is 2.26 bits per heavy atom. The van der Waals surface area contributed by atoms with Gasteiger partial charge in [0.1, 0.15) is 22.2 Å². The van der Waals surface area contributed by atoms with Gasteiger partial charge in [-0.3, -0.25) is 0 Å². The minimum Gasteiger partial charge on any atom is -0.494 e. The van der Waals surface area contributed by atoms with E-state index in [9.17, 15) is 0 Å². The number of thiophene rings is 1. The van der Waals surface area contributed by atoms with E-state index in [2.05, 4.69) is 36.5 Å². The molecular weight excluding hydrogens is 458 g/mol. The van der Waals surface area contributed by atoms with Gasteiger partial charge in [0, 0.05) is 17.0 Å². The van der Waals surface area contributed by atoms with Crippen LogP contribution in [0.1, 0.15) is 37.0 Å². The molecule has 0 saturated carbocycles. The second-order valence-electron chi connectivity index (χ2n) is 8.11. The summed E-state index contributed by atoms with van der Waals surface area (Å²) in [5, 5.41) is 4.66. The van der Waals surface area contributed by atoms with Crippen LogP contribution in [0.5, 0.6) is 17.2 Å². The van der Waals surface area contributed by atoms with Crippen molar-refractivity contribution in [2.75, 3.05) is 31.7 Å². The Morgan fingerprint density at radius 2 is 1.54 bits per heavy atom. The summed E-state index contributed by atoms with van der Waals surface area (Å²) < 4.78 is 17.1. The summed E-state index contributed by atoms with van der Waals surface area (Å²) in [5.41, 5.74) is 3.50. The third-order valence-electron chi connectivity index (χ3n) is 5.61. The molecule has 2 aromatic heterocycles. The smallest absolute Gasteiger partial charge is 0.161 e. The van der Waals surface area contributed by atoms with E-state index in [1.54, 1.807) is 11.3 Å². The van der Waals surface area contributed by atoms with Crippen LogP contribution in [0.4, 0.5) is 5.82 Å². The van der Waals surface area contributed by atoms with Crippen LogP contribution in [0.15, 0.2) is 42.5 Å². The number of ether oxygens (including phenoxy) is 3. The molecule has 0 unspecified atom stereocenters. The van der Waals surface area contributed by atoms with Gasteiger partial charge in [-0.05, 0) is 76.4 Å². The van der Waals surface area contributed by atoms with Crippen molar-refractivity contribution in [3.8, 4) is 28.4 Å². The molecule has 0 atom stereocenters. The Bertz CT molecular complexity index is 1290. The van der Waals surface area contributed by atoms with Gasteiger partial charge in [-0.2, -0.15) is 0 Å². The van der Waals surface area contributed by atoms with Gasteiger partial charge in [0.05, 0.1) is 25.2 Å². The van der Waals surface area contributed by atoms with Gasteiger partial charge in [0.15, 0.2) is 11.5 Å². The topological polar surface area (TPSA) is 65.5 Å². The Kier molecular flexibility index (Phi) is 8.08. The van der Waals surface area contributed by atoms with Crippen molar-refractivity contribution in [1.82, 2.24) is 9.97 Å². The molecule has 0 spiro atoms. The molecule has 184 valence electrons. The molecule has 2 heterocycles. The van der Waals surface area contributed by atoms with Crippen molar-refractivity contribution in [3.05, 3.63) is 58.7 Å². The molecule has 0 aliphatic carbocycles. The first-order valence-electron chi connectivity index (χ1n) is 12.2. The largest absolute Gasteiger partial charge is 0.494 e. The third-order valence-corrected chi connectivity index (χ3v) is 6.61. The summed E-state index contributed by atoms with van der Waals surface area (Å²) in [5.74, 6) is 4.09. The van der Waals surface area contributed by atoms with Crippen molar-refractivity contribution in [3.63, 3.8) is 0 Å². The number of fused-ring (bicyclic) bond motifs is 1. The van der Waals surface area contributed by atoms with Gasteiger partial charge >= 0.3 is 0 Å². The molecule has 2 aromatic carbocycles. The van der Waals surface area contributed by atoms with Crippen molar-refractivity contribution >= 4 is 27.4 Å². The quantitative estimate of drug-likeness (QED) is 0.248. The van der Waals surface area contributed by atoms with E-state index in [1.807, 2.05) is 45.9 Å². The van der Waals surface area contributed by atoms with E-state index in [0.717, 1.165) is 57.6 Å². The molecule has 35 heavy (non-hydrogen) atoms. The number of anilines is 1. The van der Waals surface area contributed by atoms with Crippen molar-refractivity contribution < 1.29 is 14.2 Å². The van der Waals surface area contributed by atoms with Crippen molar-refractivity contribution in [2.45, 2.75) is 41.0 Å². The number of rotatable bonds is 11. The maximum atomic E-state index is 5.79. The number of nitrogens with zero attached hydrogens (tertiary/aromatic N) is 2. The molecule has 4 aromatic rings. The molecule has 0 aliphatic rings.